The fourth-order valence-corrected chi connectivity index (χ4v) is 2.31. The molecule has 0 aliphatic heterocycles. The molecule has 1 heterocycles. The van der Waals surface area contributed by atoms with Crippen molar-refractivity contribution in [3.63, 3.8) is 0 Å². The van der Waals surface area contributed by atoms with Gasteiger partial charge in [-0.25, -0.2) is 0 Å². The summed E-state index contributed by atoms with van der Waals surface area (Å²) in [5, 5.41) is 12.9. The first-order valence-electron chi connectivity index (χ1n) is 4.35. The highest BCUT2D eigenvalue weighted by molar-refractivity contribution is 7.08. The van der Waals surface area contributed by atoms with Gasteiger partial charge in [0.25, 0.3) is 0 Å². The maximum atomic E-state index is 12.0. The molecule has 2 rings (SSSR count). The average molecular weight is 273 g/mol. The van der Waals surface area contributed by atoms with Gasteiger partial charge in [0.2, 0.25) is 0 Å². The van der Waals surface area contributed by atoms with Crippen molar-refractivity contribution in [1.82, 2.24) is 0 Å². The van der Waals surface area contributed by atoms with E-state index in [1.165, 1.54) is 23.5 Å². The molecule has 5 heteroatoms. The Morgan fingerprint density at radius 2 is 1.94 bits per heavy atom. The maximum Gasteiger partial charge on any atom is 0.195 e. The Labute approximate surface area is 106 Å². The third-order valence-corrected chi connectivity index (χ3v) is 3.65. The number of aromatic hydroxyl groups is 1. The van der Waals surface area contributed by atoms with Crippen molar-refractivity contribution in [2.45, 2.75) is 0 Å². The van der Waals surface area contributed by atoms with Crippen LogP contribution in [-0.4, -0.2) is 10.9 Å². The van der Waals surface area contributed by atoms with E-state index in [0.29, 0.717) is 11.1 Å². The van der Waals surface area contributed by atoms with Gasteiger partial charge in [-0.1, -0.05) is 23.2 Å². The topological polar surface area (TPSA) is 37.3 Å². The summed E-state index contributed by atoms with van der Waals surface area (Å²) in [4.78, 5) is 12.0. The Morgan fingerprint density at radius 3 is 2.56 bits per heavy atom. The molecule has 0 saturated heterocycles. The van der Waals surface area contributed by atoms with Crippen LogP contribution in [-0.2, 0) is 0 Å². The second-order valence-corrected chi connectivity index (χ2v) is 4.64. The summed E-state index contributed by atoms with van der Waals surface area (Å²) < 4.78 is 0. The number of carbonyl (C=O) groups excluding carboxylic acids is 1. The molecular weight excluding hydrogens is 267 g/mol. The molecular formula is C11H6Cl2O2S. The van der Waals surface area contributed by atoms with Gasteiger partial charge in [-0.15, -0.1) is 0 Å². The summed E-state index contributed by atoms with van der Waals surface area (Å²) in [6.07, 6.45) is 0. The largest absolute Gasteiger partial charge is 0.506 e. The first-order chi connectivity index (χ1) is 7.61. The summed E-state index contributed by atoms with van der Waals surface area (Å²) in [6.45, 7) is 0. The Hall–Kier alpha value is -1.03. The molecule has 0 radical (unpaired) electrons. The van der Waals surface area contributed by atoms with Crippen LogP contribution in [0.4, 0.5) is 0 Å². The number of phenols is 1. The van der Waals surface area contributed by atoms with Crippen molar-refractivity contribution >= 4 is 40.3 Å². The van der Waals surface area contributed by atoms with E-state index in [-0.39, 0.29) is 21.6 Å². The molecule has 0 saturated carbocycles. The minimum atomic E-state index is -0.201. The molecule has 1 aromatic heterocycles. The summed E-state index contributed by atoms with van der Waals surface area (Å²) in [7, 11) is 0. The number of phenolic OH excluding ortho intramolecular Hbond substituents is 1. The maximum absolute atomic E-state index is 12.0. The third-order valence-electron chi connectivity index (χ3n) is 2.09. The lowest BCUT2D eigenvalue weighted by molar-refractivity contribution is 0.103. The van der Waals surface area contributed by atoms with Gasteiger partial charge in [0, 0.05) is 16.5 Å². The Morgan fingerprint density at radius 1 is 1.19 bits per heavy atom. The SMILES string of the molecule is O=C(c1ccsc1)c1ccc(O)c(Cl)c1Cl. The zero-order valence-corrected chi connectivity index (χ0v) is 10.2. The van der Waals surface area contributed by atoms with Gasteiger partial charge in [0.05, 0.1) is 5.02 Å². The molecule has 0 aliphatic rings. The number of halogens is 2. The highest BCUT2D eigenvalue weighted by Crippen LogP contribution is 2.34. The first kappa shape index (κ1) is 11.5. The van der Waals surface area contributed by atoms with Crippen molar-refractivity contribution in [3.05, 3.63) is 50.1 Å². The lowest BCUT2D eigenvalue weighted by Crippen LogP contribution is -2.00. The number of ketones is 1. The first-order valence-corrected chi connectivity index (χ1v) is 6.05. The van der Waals surface area contributed by atoms with E-state index in [1.807, 2.05) is 5.38 Å². The van der Waals surface area contributed by atoms with Crippen LogP contribution < -0.4 is 0 Å². The summed E-state index contributed by atoms with van der Waals surface area (Å²) in [5.74, 6) is -0.332. The van der Waals surface area contributed by atoms with Gasteiger partial charge in [-0.05, 0) is 23.6 Å². The van der Waals surface area contributed by atoms with Crippen molar-refractivity contribution in [3.8, 4) is 5.75 Å². The molecule has 0 atom stereocenters. The van der Waals surface area contributed by atoms with E-state index in [1.54, 1.807) is 11.4 Å². The predicted octanol–water partition coefficient (Wildman–Crippen LogP) is 3.99. The Bertz CT molecular complexity index is 535. The molecule has 2 aromatic rings. The summed E-state index contributed by atoms with van der Waals surface area (Å²) in [6, 6.07) is 4.53. The van der Waals surface area contributed by atoms with E-state index < -0.39 is 0 Å². The number of hydrogen-bond donors (Lipinski definition) is 1. The molecule has 2 nitrogen and oxygen atoms in total. The summed E-state index contributed by atoms with van der Waals surface area (Å²) >= 11 is 13.1. The van der Waals surface area contributed by atoms with E-state index in [4.69, 9.17) is 23.2 Å². The van der Waals surface area contributed by atoms with E-state index >= 15 is 0 Å². The minimum Gasteiger partial charge on any atom is -0.506 e. The van der Waals surface area contributed by atoms with Crippen molar-refractivity contribution in [2.75, 3.05) is 0 Å². The second kappa shape index (κ2) is 4.45. The van der Waals surface area contributed by atoms with Gasteiger partial charge in [-0.2, -0.15) is 11.3 Å². The van der Waals surface area contributed by atoms with Crippen LogP contribution in [0, 0.1) is 0 Å². The van der Waals surface area contributed by atoms with E-state index in [2.05, 4.69) is 0 Å². The highest BCUT2D eigenvalue weighted by Gasteiger charge is 2.17. The molecule has 0 bridgehead atoms. The molecule has 1 N–H and O–H groups in total. The number of carbonyl (C=O) groups is 1. The van der Waals surface area contributed by atoms with Crippen molar-refractivity contribution in [2.24, 2.45) is 0 Å². The minimum absolute atomic E-state index is 0.00254. The third kappa shape index (κ3) is 1.94. The Kier molecular flexibility index (Phi) is 3.19. The lowest BCUT2D eigenvalue weighted by Gasteiger charge is -2.05. The Balaban J connectivity index is 2.50. The number of rotatable bonds is 2. The number of hydrogen-bond acceptors (Lipinski definition) is 3. The average Bonchev–Trinajstić information content (AvgIpc) is 2.79. The highest BCUT2D eigenvalue weighted by atomic mass is 35.5. The quantitative estimate of drug-likeness (QED) is 0.840. The zero-order valence-electron chi connectivity index (χ0n) is 7.91. The van der Waals surface area contributed by atoms with Crippen molar-refractivity contribution in [1.29, 1.82) is 0 Å². The fourth-order valence-electron chi connectivity index (χ4n) is 1.26. The molecule has 0 spiro atoms. The van der Waals surface area contributed by atoms with E-state index in [0.717, 1.165) is 0 Å². The van der Waals surface area contributed by atoms with Gasteiger partial charge < -0.3 is 5.11 Å². The van der Waals surface area contributed by atoms with Gasteiger partial charge in [0.15, 0.2) is 5.78 Å². The van der Waals surface area contributed by atoms with Crippen LogP contribution in [0.25, 0.3) is 0 Å². The zero-order chi connectivity index (χ0) is 11.7. The molecule has 0 unspecified atom stereocenters. The smallest absolute Gasteiger partial charge is 0.195 e. The predicted molar refractivity (Wildman–Crippen MR) is 65.9 cm³/mol. The van der Waals surface area contributed by atoms with Crippen LogP contribution in [0.5, 0.6) is 5.75 Å². The van der Waals surface area contributed by atoms with Gasteiger partial charge >= 0.3 is 0 Å². The van der Waals surface area contributed by atoms with Crippen LogP contribution >= 0.6 is 34.5 Å². The fraction of sp³-hybridized carbons (Fsp3) is 0. The molecule has 82 valence electrons. The monoisotopic (exact) mass is 272 g/mol. The van der Waals surface area contributed by atoms with Crippen LogP contribution in [0.2, 0.25) is 10.0 Å². The van der Waals surface area contributed by atoms with Gasteiger partial charge in [0.1, 0.15) is 10.8 Å². The number of benzene rings is 1. The van der Waals surface area contributed by atoms with E-state index in [9.17, 15) is 9.90 Å². The normalized spacial score (nSPS) is 10.4. The molecule has 0 aliphatic carbocycles. The van der Waals surface area contributed by atoms with Crippen LogP contribution in [0.1, 0.15) is 15.9 Å². The second-order valence-electron chi connectivity index (χ2n) is 3.10. The summed E-state index contributed by atoms with van der Waals surface area (Å²) in [5.41, 5.74) is 0.858. The molecule has 0 fully saturated rings. The molecule has 16 heavy (non-hydrogen) atoms. The number of thiophene rings is 1. The standard InChI is InChI=1S/C11H6Cl2O2S/c12-9-7(1-2-8(14)10(9)13)11(15)6-3-4-16-5-6/h1-5,14H. The van der Waals surface area contributed by atoms with Gasteiger partial charge in [-0.3, -0.25) is 4.79 Å². The lowest BCUT2D eigenvalue weighted by atomic mass is 10.1. The van der Waals surface area contributed by atoms with Crippen LogP contribution in [0.3, 0.4) is 0 Å². The van der Waals surface area contributed by atoms with Crippen LogP contribution in [0.15, 0.2) is 29.0 Å². The molecule has 0 amide bonds. The molecule has 1 aromatic carbocycles. The van der Waals surface area contributed by atoms with Crippen molar-refractivity contribution < 1.29 is 9.90 Å².